The van der Waals surface area contributed by atoms with Crippen molar-refractivity contribution < 1.29 is 41.8 Å². The van der Waals surface area contributed by atoms with Crippen molar-refractivity contribution in [2.75, 3.05) is 113 Å². The quantitative estimate of drug-likeness (QED) is 0.0757. The van der Waals surface area contributed by atoms with Gasteiger partial charge in [-0.15, -0.1) is 0 Å². The number of hydrogen-bond donors (Lipinski definition) is 3. The van der Waals surface area contributed by atoms with E-state index in [-0.39, 0.29) is 53.3 Å². The Labute approximate surface area is 476 Å². The molecule has 23 heteroatoms. The van der Waals surface area contributed by atoms with E-state index in [2.05, 4.69) is 76.9 Å². The Morgan fingerprint density at radius 2 is 1.70 bits per heavy atom. The van der Waals surface area contributed by atoms with E-state index in [1.807, 2.05) is 42.3 Å². The molecule has 1 spiro atoms. The topological polar surface area (TPSA) is 235 Å². The number of nitrogens with one attached hydrogen (secondary N) is 3. The maximum Gasteiger partial charge on any atom is 0.300 e. The van der Waals surface area contributed by atoms with E-state index in [9.17, 15) is 23.3 Å². The van der Waals surface area contributed by atoms with Gasteiger partial charge in [0.05, 0.1) is 55.2 Å². The van der Waals surface area contributed by atoms with Crippen molar-refractivity contribution in [1.29, 1.82) is 0 Å². The van der Waals surface area contributed by atoms with Gasteiger partial charge in [0.2, 0.25) is 11.8 Å². The number of sulfonamides is 1. The summed E-state index contributed by atoms with van der Waals surface area (Å²) in [5.74, 6) is 1.03. The van der Waals surface area contributed by atoms with Crippen molar-refractivity contribution in [2.45, 2.75) is 88.2 Å². The molecule has 4 aromatic heterocycles. The molecule has 10 heterocycles. The minimum atomic E-state index is -4.79. The summed E-state index contributed by atoms with van der Waals surface area (Å²) in [7, 11) is -3.07. The third kappa shape index (κ3) is 10.5. The minimum Gasteiger partial charge on any atom is -0.493 e. The van der Waals surface area contributed by atoms with Crippen LogP contribution in [0, 0.1) is 28.4 Å². The van der Waals surface area contributed by atoms with Gasteiger partial charge in [-0.05, 0) is 117 Å². The van der Waals surface area contributed by atoms with Crippen molar-refractivity contribution in [3.8, 4) is 17.5 Å². The molecule has 2 aromatic carbocycles. The van der Waals surface area contributed by atoms with Crippen LogP contribution >= 0.6 is 0 Å². The molecular formula is C59H70N12O10S. The fraction of sp³-hybridized carbons (Fsp3) is 0.492. The molecule has 7 aliphatic rings. The second-order valence-corrected chi connectivity index (χ2v) is 24.8. The van der Waals surface area contributed by atoms with Crippen molar-refractivity contribution in [3.05, 3.63) is 111 Å². The number of aryl methyl sites for hydroxylation is 1. The number of amides is 1. The molecule has 5 fully saturated rings. The number of morpholine rings is 1. The SMILES string of the molecule is COc1cc(CN2CCN(C3CC4(CCN(c5ccc(C(=O)NS(=O)(=O)c6cc([N+](=O)[O-])c7c(n6)OC[C@H](C6CCOCC6)N7)c(N6C[C@@H](C)Oc7nc8[nH]ccc8cc76)c5)CC4)C3)[C@H](c3ccccc3C)C2)cnc1N1CCOCC1. The molecule has 1 aliphatic carbocycles. The van der Waals surface area contributed by atoms with Gasteiger partial charge in [0.25, 0.3) is 15.9 Å². The number of aromatic amines is 1. The number of hydrogen-bond acceptors (Lipinski definition) is 19. The number of nitro groups is 1. The number of carbonyl (C=O) groups is 1. The highest BCUT2D eigenvalue weighted by Gasteiger charge is 2.50. The zero-order valence-electron chi connectivity index (χ0n) is 46.6. The number of anilines is 5. The zero-order valence-corrected chi connectivity index (χ0v) is 47.4. The van der Waals surface area contributed by atoms with Crippen LogP contribution in [0.2, 0.25) is 0 Å². The Kier molecular flexibility index (Phi) is 14.6. The summed E-state index contributed by atoms with van der Waals surface area (Å²) in [6.07, 6.45) is 9.20. The Bertz CT molecular complexity index is 3500. The first kappa shape index (κ1) is 54.0. The minimum absolute atomic E-state index is 0.000953. The molecule has 3 N–H and O–H groups in total. The lowest BCUT2D eigenvalue weighted by molar-refractivity contribution is -0.384. The number of aromatic nitrogens is 4. The highest BCUT2D eigenvalue weighted by Crippen LogP contribution is 2.54. The summed E-state index contributed by atoms with van der Waals surface area (Å²) in [4.78, 5) is 55.5. The zero-order chi connectivity index (χ0) is 56.3. The van der Waals surface area contributed by atoms with Gasteiger partial charge in [0.1, 0.15) is 24.0 Å². The summed E-state index contributed by atoms with van der Waals surface area (Å²) in [5, 5.41) is 15.8. The summed E-state index contributed by atoms with van der Waals surface area (Å²) >= 11 is 0. The first-order valence-corrected chi connectivity index (χ1v) is 30.2. The van der Waals surface area contributed by atoms with E-state index >= 15 is 0 Å². The highest BCUT2D eigenvalue weighted by molar-refractivity contribution is 7.90. The number of rotatable bonds is 13. The number of nitrogens with zero attached hydrogens (tertiary/aromatic N) is 9. The average Bonchev–Trinajstić information content (AvgIpc) is 4.12. The molecule has 6 aliphatic heterocycles. The van der Waals surface area contributed by atoms with Crippen LogP contribution in [0.15, 0.2) is 84.1 Å². The number of H-pyrrole nitrogens is 1. The average molecular weight is 1140 g/mol. The van der Waals surface area contributed by atoms with E-state index in [4.69, 9.17) is 33.7 Å². The molecule has 0 bridgehead atoms. The fourth-order valence-corrected chi connectivity index (χ4v) is 14.6. The smallest absolute Gasteiger partial charge is 0.300 e. The first-order chi connectivity index (χ1) is 39.8. The van der Waals surface area contributed by atoms with Crippen molar-refractivity contribution >= 4 is 61.2 Å². The number of ether oxygens (including phenoxy) is 5. The second kappa shape index (κ2) is 22.1. The largest absolute Gasteiger partial charge is 0.493 e. The lowest BCUT2D eigenvalue weighted by Gasteiger charge is -2.58. The molecule has 432 valence electrons. The van der Waals surface area contributed by atoms with Crippen LogP contribution < -0.4 is 38.9 Å². The summed E-state index contributed by atoms with van der Waals surface area (Å²) in [6.45, 7) is 13.9. The number of fused-ring (bicyclic) bond motifs is 3. The van der Waals surface area contributed by atoms with Gasteiger partial charge in [-0.25, -0.2) is 9.71 Å². The predicted octanol–water partition coefficient (Wildman–Crippen LogP) is 7.36. The molecule has 0 unspecified atom stereocenters. The van der Waals surface area contributed by atoms with Crippen LogP contribution in [-0.4, -0.2) is 160 Å². The van der Waals surface area contributed by atoms with Crippen LogP contribution in [0.4, 0.5) is 34.3 Å². The molecule has 6 aromatic rings. The Morgan fingerprint density at radius 1 is 0.902 bits per heavy atom. The third-order valence-electron chi connectivity index (χ3n) is 18.1. The van der Waals surface area contributed by atoms with Crippen molar-refractivity contribution in [1.82, 2.24) is 34.5 Å². The molecular weight excluding hydrogens is 1070 g/mol. The maximum atomic E-state index is 14.7. The summed E-state index contributed by atoms with van der Waals surface area (Å²) < 4.78 is 59.9. The van der Waals surface area contributed by atoms with Crippen LogP contribution in [0.25, 0.3) is 11.0 Å². The molecule has 0 radical (unpaired) electrons. The fourth-order valence-electron chi connectivity index (χ4n) is 13.7. The predicted molar refractivity (Wildman–Crippen MR) is 308 cm³/mol. The van der Waals surface area contributed by atoms with E-state index in [1.54, 1.807) is 19.4 Å². The molecule has 4 saturated heterocycles. The molecule has 22 nitrogen and oxygen atoms in total. The number of piperidine rings is 1. The van der Waals surface area contributed by atoms with Gasteiger partial charge in [-0.1, -0.05) is 24.3 Å². The lowest BCUT2D eigenvalue weighted by atomic mass is 9.59. The normalized spacial score (nSPS) is 22.6. The van der Waals surface area contributed by atoms with Crippen LogP contribution in [0.5, 0.6) is 17.5 Å². The third-order valence-corrected chi connectivity index (χ3v) is 19.3. The van der Waals surface area contributed by atoms with Gasteiger partial charge in [0, 0.05) is 101 Å². The summed E-state index contributed by atoms with van der Waals surface area (Å²) in [5.41, 5.74) is 6.19. The summed E-state index contributed by atoms with van der Waals surface area (Å²) in [6, 6.07) is 21.6. The lowest BCUT2D eigenvalue weighted by Crippen LogP contribution is -2.59. The standard InChI is InChI=1S/C59H70N12O10S/c1-37-6-4-5-7-44(37)50-35-66(34-39-26-51(77-3)55(61-32-39)68-20-24-79-25-21-68)18-19-69(50)43-30-59(31-43)13-16-67(17-14-59)42-8-9-45(47(28-42)70-33-38(2)81-57-49(70)27-41-10-15-60-54(41)64-57)56(72)65-82(75,76)52-29-48(71(73)74)53-58(63-52)80-36-46(62-53)40-11-22-78-23-12-40/h4-10,15,26-29,32,38,40,43,46,50,62H,11-14,16-25,30-31,33-36H2,1-3H3,(H,60,64)(H,65,72)/t38-,46-,50+/m1/s1. The van der Waals surface area contributed by atoms with Crippen LogP contribution in [0.3, 0.4) is 0 Å². The number of pyridine rings is 3. The molecule has 3 atom stereocenters. The van der Waals surface area contributed by atoms with E-state index in [0.29, 0.717) is 61.9 Å². The molecule has 1 saturated carbocycles. The Hall–Kier alpha value is -7.31. The molecule has 1 amide bonds. The van der Waals surface area contributed by atoms with Crippen LogP contribution in [0.1, 0.15) is 78.5 Å². The van der Waals surface area contributed by atoms with Gasteiger partial charge in [-0.3, -0.25) is 24.7 Å². The molecule has 13 rings (SSSR count). The van der Waals surface area contributed by atoms with E-state index in [0.717, 1.165) is 125 Å². The van der Waals surface area contributed by atoms with Gasteiger partial charge < -0.3 is 48.7 Å². The Morgan fingerprint density at radius 3 is 2.48 bits per heavy atom. The number of benzene rings is 2. The number of piperazine rings is 1. The first-order valence-electron chi connectivity index (χ1n) is 28.7. The number of carbonyl (C=O) groups excluding carboxylic acids is 1. The van der Waals surface area contributed by atoms with Crippen molar-refractivity contribution in [3.63, 3.8) is 0 Å². The van der Waals surface area contributed by atoms with Crippen molar-refractivity contribution in [2.24, 2.45) is 11.3 Å². The molecule has 82 heavy (non-hydrogen) atoms. The van der Waals surface area contributed by atoms with Crippen LogP contribution in [-0.2, 0) is 26.0 Å². The monoisotopic (exact) mass is 1140 g/mol. The Balaban J connectivity index is 0.728. The van der Waals surface area contributed by atoms with E-state index in [1.165, 1.54) is 11.1 Å². The highest BCUT2D eigenvalue weighted by atomic mass is 32.2. The maximum absolute atomic E-state index is 14.7. The van der Waals surface area contributed by atoms with Gasteiger partial charge >= 0.3 is 5.69 Å². The van der Waals surface area contributed by atoms with Gasteiger partial charge in [-0.2, -0.15) is 18.4 Å². The second-order valence-electron chi connectivity index (χ2n) is 23.2. The van der Waals surface area contributed by atoms with E-state index < -0.39 is 31.6 Å². The van der Waals surface area contributed by atoms with Gasteiger partial charge in [0.15, 0.2) is 22.3 Å². The number of methoxy groups -OCH3 is 1.